The van der Waals surface area contributed by atoms with Crippen LogP contribution in [0, 0.1) is 0 Å². The van der Waals surface area contributed by atoms with Crippen LogP contribution in [-0.2, 0) is 14.1 Å². The molecule has 0 atom stereocenters. The number of rotatable bonds is 7. The molecular weight excluding hydrogens is 537 g/mol. The van der Waals surface area contributed by atoms with Crippen molar-refractivity contribution < 1.29 is 9.59 Å². The van der Waals surface area contributed by atoms with Gasteiger partial charge in [-0.05, 0) is 58.0 Å². The van der Waals surface area contributed by atoms with Crippen LogP contribution in [0.3, 0.4) is 0 Å². The van der Waals surface area contributed by atoms with Crippen molar-refractivity contribution >= 4 is 66.6 Å². The van der Waals surface area contributed by atoms with Crippen LogP contribution in [0.1, 0.15) is 20.7 Å². The van der Waals surface area contributed by atoms with Gasteiger partial charge in [-0.3, -0.25) is 9.59 Å². The van der Waals surface area contributed by atoms with E-state index >= 15 is 0 Å². The van der Waals surface area contributed by atoms with Crippen LogP contribution in [0.2, 0.25) is 0 Å². The summed E-state index contributed by atoms with van der Waals surface area (Å²) < 4.78 is 4.08. The van der Waals surface area contributed by atoms with Gasteiger partial charge in [-0.1, -0.05) is 72.8 Å². The number of benzene rings is 4. The third-order valence-electron chi connectivity index (χ3n) is 6.82. The Hall–Kier alpha value is -4.40. The topological polar surface area (TPSA) is 68.1 Å². The first-order valence-electron chi connectivity index (χ1n) is 12.7. The lowest BCUT2D eigenvalue weighted by atomic mass is 10.1. The van der Waals surface area contributed by atoms with Crippen molar-refractivity contribution in [3.8, 4) is 0 Å². The normalized spacial score (nSPS) is 11.2. The minimum atomic E-state index is -0.176. The minimum Gasteiger partial charge on any atom is -0.337 e. The summed E-state index contributed by atoms with van der Waals surface area (Å²) in [7, 11) is 6.89. The standard InChI is InChI=1S/C32H26N4O2S2/c1-35-25-19-11-9-17-23(25)27(29(37)33-21-13-5-3-6-14-21)31(35)39-40-32-28(24-18-10-12-20-26(24)36(32)2)30(38)34-22-15-7-4-8-16-22/h3-20H,1-2H3,(H,33,37)(H,34,38). The van der Waals surface area contributed by atoms with E-state index in [4.69, 9.17) is 0 Å². The van der Waals surface area contributed by atoms with Crippen molar-refractivity contribution in [1.82, 2.24) is 9.13 Å². The maximum atomic E-state index is 13.6. The summed E-state index contributed by atoms with van der Waals surface area (Å²) in [6.07, 6.45) is 0. The number of carbonyl (C=O) groups excluding carboxylic acids is 2. The summed E-state index contributed by atoms with van der Waals surface area (Å²) in [5, 5.41) is 9.46. The van der Waals surface area contributed by atoms with Crippen molar-refractivity contribution in [2.24, 2.45) is 14.1 Å². The van der Waals surface area contributed by atoms with Crippen LogP contribution in [-0.4, -0.2) is 20.9 Å². The lowest BCUT2D eigenvalue weighted by Gasteiger charge is -2.11. The smallest absolute Gasteiger partial charge is 0.259 e. The summed E-state index contributed by atoms with van der Waals surface area (Å²) in [6.45, 7) is 0. The molecule has 0 fully saturated rings. The summed E-state index contributed by atoms with van der Waals surface area (Å²) >= 11 is 0. The second-order valence-corrected chi connectivity index (χ2v) is 11.4. The molecular formula is C32H26N4O2S2. The lowest BCUT2D eigenvalue weighted by Crippen LogP contribution is -2.13. The van der Waals surface area contributed by atoms with Crippen LogP contribution in [0.15, 0.2) is 119 Å². The molecule has 0 saturated heterocycles. The molecule has 0 spiro atoms. The SMILES string of the molecule is Cn1c(SSc2c(C(=O)Nc3ccccc3)c3ccccc3n2C)c(C(=O)Nc2ccccc2)c2ccccc21. The molecule has 198 valence electrons. The number of hydrogen-bond acceptors (Lipinski definition) is 4. The monoisotopic (exact) mass is 562 g/mol. The number of anilines is 2. The molecule has 8 heteroatoms. The highest BCUT2D eigenvalue weighted by molar-refractivity contribution is 8.76. The number of nitrogens with one attached hydrogen (secondary N) is 2. The van der Waals surface area contributed by atoms with Gasteiger partial charge < -0.3 is 19.8 Å². The number of amides is 2. The highest BCUT2D eigenvalue weighted by Crippen LogP contribution is 2.45. The van der Waals surface area contributed by atoms with Crippen LogP contribution in [0.4, 0.5) is 11.4 Å². The van der Waals surface area contributed by atoms with E-state index in [1.807, 2.05) is 132 Å². The Balaban J connectivity index is 1.40. The Bertz CT molecular complexity index is 1720. The van der Waals surface area contributed by atoms with Crippen LogP contribution >= 0.6 is 21.6 Å². The van der Waals surface area contributed by atoms with E-state index in [0.29, 0.717) is 11.1 Å². The fourth-order valence-corrected chi connectivity index (χ4v) is 7.68. The molecule has 4 aromatic carbocycles. The number of fused-ring (bicyclic) bond motifs is 2. The average Bonchev–Trinajstić information content (AvgIpc) is 3.43. The van der Waals surface area contributed by atoms with Crippen LogP contribution in [0.5, 0.6) is 0 Å². The lowest BCUT2D eigenvalue weighted by molar-refractivity contribution is 0.101. The van der Waals surface area contributed by atoms with E-state index in [1.54, 1.807) is 0 Å². The Morgan fingerprint density at radius 2 is 0.875 bits per heavy atom. The maximum Gasteiger partial charge on any atom is 0.259 e. The molecule has 6 rings (SSSR count). The van der Waals surface area contributed by atoms with Gasteiger partial charge >= 0.3 is 0 Å². The van der Waals surface area contributed by atoms with E-state index < -0.39 is 0 Å². The number of para-hydroxylation sites is 4. The molecule has 2 heterocycles. The Morgan fingerprint density at radius 1 is 0.525 bits per heavy atom. The van der Waals surface area contributed by atoms with Crippen molar-refractivity contribution in [2.75, 3.05) is 10.6 Å². The minimum absolute atomic E-state index is 0.176. The molecule has 0 aliphatic carbocycles. The zero-order valence-electron chi connectivity index (χ0n) is 21.9. The molecule has 0 saturated carbocycles. The number of hydrogen-bond donors (Lipinski definition) is 2. The van der Waals surface area contributed by atoms with E-state index in [2.05, 4.69) is 10.6 Å². The van der Waals surface area contributed by atoms with Gasteiger partial charge in [-0.25, -0.2) is 0 Å². The second-order valence-electron chi connectivity index (χ2n) is 9.32. The largest absolute Gasteiger partial charge is 0.337 e. The molecule has 2 amide bonds. The van der Waals surface area contributed by atoms with Crippen molar-refractivity contribution in [3.05, 3.63) is 120 Å². The third-order valence-corrected chi connectivity index (χ3v) is 9.38. The van der Waals surface area contributed by atoms with Crippen molar-refractivity contribution in [3.63, 3.8) is 0 Å². The zero-order chi connectivity index (χ0) is 27.6. The molecule has 0 unspecified atom stereocenters. The summed E-state index contributed by atoms with van der Waals surface area (Å²) in [5.74, 6) is -0.352. The number of carbonyl (C=O) groups is 2. The molecule has 0 bridgehead atoms. The predicted octanol–water partition coefficient (Wildman–Crippen LogP) is 7.97. The number of aromatic nitrogens is 2. The molecule has 6 nitrogen and oxygen atoms in total. The first kappa shape index (κ1) is 25.9. The van der Waals surface area contributed by atoms with Gasteiger partial charge in [0.1, 0.15) is 0 Å². The van der Waals surface area contributed by atoms with Gasteiger partial charge in [0.25, 0.3) is 11.8 Å². The van der Waals surface area contributed by atoms with Crippen LogP contribution in [0.25, 0.3) is 21.8 Å². The van der Waals surface area contributed by atoms with Gasteiger partial charge in [-0.2, -0.15) is 0 Å². The van der Waals surface area contributed by atoms with Crippen molar-refractivity contribution in [1.29, 1.82) is 0 Å². The fourth-order valence-electron chi connectivity index (χ4n) is 4.88. The molecule has 2 N–H and O–H groups in total. The molecule has 0 aliphatic rings. The first-order chi connectivity index (χ1) is 19.5. The maximum absolute atomic E-state index is 13.6. The predicted molar refractivity (Wildman–Crippen MR) is 166 cm³/mol. The molecule has 0 aliphatic heterocycles. The number of aryl methyl sites for hydroxylation is 2. The second kappa shape index (κ2) is 11.0. The highest BCUT2D eigenvalue weighted by Gasteiger charge is 2.26. The Labute approximate surface area is 239 Å². The number of nitrogens with zero attached hydrogens (tertiary/aromatic N) is 2. The van der Waals surface area contributed by atoms with Gasteiger partial charge in [0.05, 0.1) is 21.2 Å². The average molecular weight is 563 g/mol. The molecule has 6 aromatic rings. The molecule has 2 aromatic heterocycles. The highest BCUT2D eigenvalue weighted by atomic mass is 33.1. The summed E-state index contributed by atoms with van der Waals surface area (Å²) in [5.41, 5.74) is 4.60. The first-order valence-corrected chi connectivity index (χ1v) is 14.9. The van der Waals surface area contributed by atoms with E-state index in [0.717, 1.165) is 43.2 Å². The van der Waals surface area contributed by atoms with Crippen LogP contribution < -0.4 is 10.6 Å². The van der Waals surface area contributed by atoms with E-state index in [9.17, 15) is 9.59 Å². The third kappa shape index (κ3) is 4.76. The van der Waals surface area contributed by atoms with E-state index in [1.165, 1.54) is 21.6 Å². The summed E-state index contributed by atoms with van der Waals surface area (Å²) in [4.78, 5) is 27.3. The summed E-state index contributed by atoms with van der Waals surface area (Å²) in [6, 6.07) is 34.7. The molecule has 40 heavy (non-hydrogen) atoms. The van der Waals surface area contributed by atoms with Gasteiger partial charge in [-0.15, -0.1) is 0 Å². The van der Waals surface area contributed by atoms with Gasteiger partial charge in [0.15, 0.2) is 0 Å². The van der Waals surface area contributed by atoms with Gasteiger partial charge in [0, 0.05) is 47.3 Å². The Kier molecular flexibility index (Phi) is 7.11. The molecule has 0 radical (unpaired) electrons. The zero-order valence-corrected chi connectivity index (χ0v) is 23.6. The van der Waals surface area contributed by atoms with Gasteiger partial charge in [0.2, 0.25) is 0 Å². The van der Waals surface area contributed by atoms with Crippen molar-refractivity contribution in [2.45, 2.75) is 10.1 Å². The Morgan fingerprint density at radius 3 is 1.27 bits per heavy atom. The fraction of sp³-hybridized carbons (Fsp3) is 0.0625. The van der Waals surface area contributed by atoms with E-state index in [-0.39, 0.29) is 11.8 Å². The quantitative estimate of drug-likeness (QED) is 0.194.